The van der Waals surface area contributed by atoms with Crippen molar-refractivity contribution in [2.45, 2.75) is 26.2 Å². The van der Waals surface area contributed by atoms with E-state index < -0.39 is 0 Å². The van der Waals surface area contributed by atoms with Gasteiger partial charge in [0.25, 0.3) is 0 Å². The van der Waals surface area contributed by atoms with Crippen LogP contribution in [0.2, 0.25) is 0 Å². The molecule has 1 N–H and O–H groups in total. The van der Waals surface area contributed by atoms with Crippen molar-refractivity contribution in [3.05, 3.63) is 34.3 Å². The van der Waals surface area contributed by atoms with Gasteiger partial charge in [0.15, 0.2) is 16.6 Å². The highest BCUT2D eigenvalue weighted by Crippen LogP contribution is 2.38. The Balaban J connectivity index is 1.72. The summed E-state index contributed by atoms with van der Waals surface area (Å²) in [4.78, 5) is 18.1. The third-order valence-corrected chi connectivity index (χ3v) is 5.57. The fourth-order valence-electron chi connectivity index (χ4n) is 3.11. The molecule has 0 bridgehead atoms. The van der Waals surface area contributed by atoms with Gasteiger partial charge in [-0.2, -0.15) is 0 Å². The van der Waals surface area contributed by atoms with Crippen molar-refractivity contribution in [1.29, 1.82) is 0 Å². The number of benzene rings is 1. The lowest BCUT2D eigenvalue weighted by molar-refractivity contribution is -0.111. The van der Waals surface area contributed by atoms with Gasteiger partial charge >= 0.3 is 0 Å². The molecule has 0 fully saturated rings. The normalized spacial score (nSPS) is 16.1. The highest BCUT2D eigenvalue weighted by molar-refractivity contribution is 7.15. The summed E-state index contributed by atoms with van der Waals surface area (Å²) in [5.74, 6) is 2.06. The Bertz CT molecular complexity index is 835. The Labute approximate surface area is 163 Å². The van der Waals surface area contributed by atoms with Crippen LogP contribution in [0.3, 0.4) is 0 Å². The summed E-state index contributed by atoms with van der Waals surface area (Å²) >= 11 is 1.57. The van der Waals surface area contributed by atoms with Crippen molar-refractivity contribution in [3.8, 4) is 17.2 Å². The zero-order valence-electron chi connectivity index (χ0n) is 16.0. The van der Waals surface area contributed by atoms with Crippen molar-refractivity contribution in [2.75, 3.05) is 26.6 Å². The van der Waals surface area contributed by atoms with Gasteiger partial charge in [-0.1, -0.05) is 6.92 Å². The highest BCUT2D eigenvalue weighted by Gasteiger charge is 2.20. The van der Waals surface area contributed by atoms with Crippen molar-refractivity contribution >= 4 is 28.5 Å². The van der Waals surface area contributed by atoms with E-state index >= 15 is 0 Å². The predicted molar refractivity (Wildman–Crippen MR) is 107 cm³/mol. The number of rotatable bonds is 6. The molecule has 0 radical (unpaired) electrons. The van der Waals surface area contributed by atoms with E-state index in [0.717, 1.165) is 30.5 Å². The number of carbonyl (C=O) groups is 1. The third kappa shape index (κ3) is 4.42. The van der Waals surface area contributed by atoms with Crippen LogP contribution in [0.4, 0.5) is 5.13 Å². The number of carbonyl (C=O) groups excluding carboxylic acids is 1. The number of thiazole rings is 1. The molecule has 6 nitrogen and oxygen atoms in total. The number of hydrogen-bond acceptors (Lipinski definition) is 6. The molecule has 1 aliphatic carbocycles. The summed E-state index contributed by atoms with van der Waals surface area (Å²) in [5.41, 5.74) is 1.90. The molecular formula is C20H24N2O4S. The average molecular weight is 388 g/mol. The second-order valence-corrected chi connectivity index (χ2v) is 7.60. The molecule has 0 saturated heterocycles. The Morgan fingerprint density at radius 1 is 1.22 bits per heavy atom. The SMILES string of the molecule is COc1cc(/C=C/C(=O)Nc2nc3c(s2)C[C@H](C)CC3)cc(OC)c1OC. The first-order chi connectivity index (χ1) is 13.0. The average Bonchev–Trinajstić information content (AvgIpc) is 3.06. The Kier molecular flexibility index (Phi) is 6.01. The molecule has 1 aliphatic rings. The van der Waals surface area contributed by atoms with Gasteiger partial charge in [-0.15, -0.1) is 11.3 Å². The fourth-order valence-corrected chi connectivity index (χ4v) is 4.28. The van der Waals surface area contributed by atoms with Gasteiger partial charge in [-0.3, -0.25) is 10.1 Å². The maximum Gasteiger partial charge on any atom is 0.250 e. The summed E-state index contributed by atoms with van der Waals surface area (Å²) in [6.45, 7) is 2.25. The molecule has 0 spiro atoms. The summed E-state index contributed by atoms with van der Waals surface area (Å²) in [6.07, 6.45) is 6.37. The summed E-state index contributed by atoms with van der Waals surface area (Å²) in [6, 6.07) is 3.57. The molecule has 7 heteroatoms. The Morgan fingerprint density at radius 2 is 1.93 bits per heavy atom. The highest BCUT2D eigenvalue weighted by atomic mass is 32.1. The van der Waals surface area contributed by atoms with E-state index in [2.05, 4.69) is 17.2 Å². The standard InChI is InChI=1S/C20H24N2O4S/c1-12-5-7-14-17(9-12)27-20(21-14)22-18(23)8-6-13-10-15(24-2)19(26-4)16(11-13)25-3/h6,8,10-12H,5,7,9H2,1-4H3,(H,21,22,23)/b8-6+/t12-/m1/s1. The zero-order valence-corrected chi connectivity index (χ0v) is 16.8. The second kappa shape index (κ2) is 8.43. The number of ether oxygens (including phenoxy) is 3. The first-order valence-corrected chi connectivity index (χ1v) is 9.63. The van der Waals surface area contributed by atoms with Crippen molar-refractivity contribution in [3.63, 3.8) is 0 Å². The van der Waals surface area contributed by atoms with E-state index in [-0.39, 0.29) is 5.91 Å². The summed E-state index contributed by atoms with van der Waals surface area (Å²) < 4.78 is 16.0. The molecule has 1 aromatic heterocycles. The molecule has 144 valence electrons. The third-order valence-electron chi connectivity index (χ3n) is 4.53. The van der Waals surface area contributed by atoms with E-state index in [1.54, 1.807) is 50.9 Å². The monoisotopic (exact) mass is 388 g/mol. The molecule has 0 saturated carbocycles. The van der Waals surface area contributed by atoms with Crippen LogP contribution in [0.25, 0.3) is 6.08 Å². The zero-order chi connectivity index (χ0) is 19.4. The largest absolute Gasteiger partial charge is 0.493 e. The number of methoxy groups -OCH3 is 3. The minimum Gasteiger partial charge on any atom is -0.493 e. The number of aromatic nitrogens is 1. The molecule has 1 atom stereocenters. The van der Waals surface area contributed by atoms with Crippen LogP contribution < -0.4 is 19.5 Å². The number of anilines is 1. The first kappa shape index (κ1) is 19.2. The topological polar surface area (TPSA) is 69.7 Å². The van der Waals surface area contributed by atoms with Gasteiger partial charge < -0.3 is 14.2 Å². The predicted octanol–water partition coefficient (Wildman–Crippen LogP) is 3.95. The van der Waals surface area contributed by atoms with Crippen molar-refractivity contribution in [1.82, 2.24) is 4.98 Å². The van der Waals surface area contributed by atoms with E-state index in [9.17, 15) is 4.79 Å². The number of aryl methyl sites for hydroxylation is 1. The van der Waals surface area contributed by atoms with Crippen LogP contribution in [-0.4, -0.2) is 32.2 Å². The lowest BCUT2D eigenvalue weighted by atomic mass is 9.93. The number of nitrogens with zero attached hydrogens (tertiary/aromatic N) is 1. The van der Waals surface area contributed by atoms with E-state index in [1.807, 2.05) is 0 Å². The van der Waals surface area contributed by atoms with Crippen LogP contribution in [0.1, 0.15) is 29.5 Å². The molecule has 2 aromatic rings. The number of hydrogen-bond donors (Lipinski definition) is 1. The lowest BCUT2D eigenvalue weighted by Gasteiger charge is -2.15. The van der Waals surface area contributed by atoms with Crippen molar-refractivity contribution < 1.29 is 19.0 Å². The Morgan fingerprint density at radius 3 is 2.56 bits per heavy atom. The van der Waals surface area contributed by atoms with Gasteiger partial charge in [-0.05, 0) is 49.0 Å². The fraction of sp³-hybridized carbons (Fsp3) is 0.400. The number of fused-ring (bicyclic) bond motifs is 1. The molecule has 27 heavy (non-hydrogen) atoms. The van der Waals surface area contributed by atoms with Crippen LogP contribution in [0.15, 0.2) is 18.2 Å². The van der Waals surface area contributed by atoms with Gasteiger partial charge in [-0.25, -0.2) is 4.98 Å². The maximum absolute atomic E-state index is 12.3. The summed E-state index contributed by atoms with van der Waals surface area (Å²) in [7, 11) is 4.67. The van der Waals surface area contributed by atoms with Gasteiger partial charge in [0.1, 0.15) is 0 Å². The minimum absolute atomic E-state index is 0.220. The van der Waals surface area contributed by atoms with E-state index in [4.69, 9.17) is 14.2 Å². The minimum atomic E-state index is -0.220. The van der Waals surface area contributed by atoms with Crippen LogP contribution >= 0.6 is 11.3 Å². The van der Waals surface area contributed by atoms with Gasteiger partial charge in [0.2, 0.25) is 11.7 Å². The number of nitrogens with one attached hydrogen (secondary N) is 1. The molecule has 1 heterocycles. The Hall–Kier alpha value is -2.54. The lowest BCUT2D eigenvalue weighted by Crippen LogP contribution is -2.09. The molecule has 0 unspecified atom stereocenters. The van der Waals surface area contributed by atoms with Crippen LogP contribution in [0.5, 0.6) is 17.2 Å². The molecule has 1 aromatic carbocycles. The van der Waals surface area contributed by atoms with Gasteiger partial charge in [0, 0.05) is 11.0 Å². The smallest absolute Gasteiger partial charge is 0.250 e. The molecule has 3 rings (SSSR count). The quantitative estimate of drug-likeness (QED) is 0.759. The van der Waals surface area contributed by atoms with Crippen LogP contribution in [-0.2, 0) is 17.6 Å². The molecule has 1 amide bonds. The van der Waals surface area contributed by atoms with E-state index in [0.29, 0.717) is 28.3 Å². The second-order valence-electron chi connectivity index (χ2n) is 6.52. The van der Waals surface area contributed by atoms with Crippen molar-refractivity contribution in [2.24, 2.45) is 5.92 Å². The summed E-state index contributed by atoms with van der Waals surface area (Å²) in [5, 5.41) is 3.52. The molecular weight excluding hydrogens is 364 g/mol. The van der Waals surface area contributed by atoms with Crippen LogP contribution in [0, 0.1) is 5.92 Å². The first-order valence-electron chi connectivity index (χ1n) is 8.81. The maximum atomic E-state index is 12.3. The van der Waals surface area contributed by atoms with E-state index in [1.165, 1.54) is 11.0 Å². The number of amides is 1. The van der Waals surface area contributed by atoms with Gasteiger partial charge in [0.05, 0.1) is 27.0 Å². The molecule has 0 aliphatic heterocycles.